The van der Waals surface area contributed by atoms with Gasteiger partial charge in [-0.05, 0) is 49.4 Å². The molecule has 0 saturated heterocycles. The first-order valence-electron chi connectivity index (χ1n) is 10.3. The van der Waals surface area contributed by atoms with Crippen LogP contribution in [-0.4, -0.2) is 38.1 Å². The van der Waals surface area contributed by atoms with E-state index in [-0.39, 0.29) is 35.4 Å². The van der Waals surface area contributed by atoms with Gasteiger partial charge in [-0.1, -0.05) is 22.8 Å². The summed E-state index contributed by atoms with van der Waals surface area (Å²) in [4.78, 5) is 27.7. The molecule has 3 aromatic rings. The zero-order chi connectivity index (χ0) is 23.4. The zero-order valence-corrected chi connectivity index (χ0v) is 18.1. The second kappa shape index (κ2) is 9.95. The molecule has 1 fully saturated rings. The third-order valence-electron chi connectivity index (χ3n) is 5.31. The van der Waals surface area contributed by atoms with Crippen LogP contribution in [0, 0.1) is 11.7 Å². The van der Waals surface area contributed by atoms with Gasteiger partial charge in [0.05, 0.1) is 10.9 Å². The first kappa shape index (κ1) is 22.7. The van der Waals surface area contributed by atoms with E-state index >= 15 is 0 Å². The van der Waals surface area contributed by atoms with E-state index in [1.54, 1.807) is 12.1 Å². The number of benzene rings is 1. The van der Waals surface area contributed by atoms with Crippen molar-refractivity contribution in [1.29, 1.82) is 0 Å². The number of ketones is 1. The number of aliphatic carboxylic acids is 1. The Morgan fingerprint density at radius 1 is 1.18 bits per heavy atom. The number of carbonyl (C=O) groups is 2. The molecule has 0 aliphatic heterocycles. The van der Waals surface area contributed by atoms with Gasteiger partial charge in [0.1, 0.15) is 11.9 Å². The number of nitrogens with zero attached hydrogens (tertiary/aromatic N) is 3. The molecular weight excluding hydrogens is 455 g/mol. The Labute approximate surface area is 192 Å². The highest BCUT2D eigenvalue weighted by Gasteiger charge is 2.27. The Morgan fingerprint density at radius 2 is 1.97 bits per heavy atom. The smallest absolute Gasteiger partial charge is 0.320 e. The highest BCUT2D eigenvalue weighted by molar-refractivity contribution is 6.31. The summed E-state index contributed by atoms with van der Waals surface area (Å²) in [6, 6.07) is 7.36. The van der Waals surface area contributed by atoms with E-state index in [1.165, 1.54) is 24.4 Å². The molecule has 0 amide bonds. The first-order valence-corrected chi connectivity index (χ1v) is 10.7. The number of anilines is 2. The molecular formula is C22H20ClFN4O5. The average molecular weight is 475 g/mol. The average Bonchev–Trinajstić information content (AvgIpc) is 3.27. The van der Waals surface area contributed by atoms with Crippen LogP contribution < -0.4 is 10.1 Å². The summed E-state index contributed by atoms with van der Waals surface area (Å²) in [5, 5.41) is 19.3. The van der Waals surface area contributed by atoms with Gasteiger partial charge in [-0.15, -0.1) is 5.10 Å². The quantitative estimate of drug-likeness (QED) is 0.455. The molecule has 1 aromatic carbocycles. The minimum atomic E-state index is -0.760. The third kappa shape index (κ3) is 5.83. The number of Topliss-reactive ketones (excluding diaryl/α,β-unsaturated/α-hetero) is 1. The van der Waals surface area contributed by atoms with Crippen molar-refractivity contribution in [2.75, 3.05) is 5.32 Å². The predicted molar refractivity (Wildman–Crippen MR) is 115 cm³/mol. The lowest BCUT2D eigenvalue weighted by Crippen LogP contribution is -2.28. The number of carbonyl (C=O) groups excluding carboxylic acids is 1. The van der Waals surface area contributed by atoms with Crippen LogP contribution in [0.2, 0.25) is 5.02 Å². The lowest BCUT2D eigenvalue weighted by Gasteiger charge is -2.26. The minimum Gasteiger partial charge on any atom is -0.481 e. The van der Waals surface area contributed by atoms with E-state index in [4.69, 9.17) is 25.9 Å². The van der Waals surface area contributed by atoms with Gasteiger partial charge in [0.2, 0.25) is 11.7 Å². The van der Waals surface area contributed by atoms with Crippen molar-refractivity contribution in [3.8, 4) is 5.88 Å². The van der Waals surface area contributed by atoms with Crippen LogP contribution in [0.25, 0.3) is 0 Å². The molecule has 1 aliphatic rings. The topological polar surface area (TPSA) is 127 Å². The number of nitrogens with one attached hydrogen (secondary N) is 1. The maximum Gasteiger partial charge on any atom is 0.320 e. The second-order valence-corrected chi connectivity index (χ2v) is 8.11. The van der Waals surface area contributed by atoms with Gasteiger partial charge in [-0.2, -0.15) is 0 Å². The number of halogens is 2. The summed E-state index contributed by atoms with van der Waals surface area (Å²) in [5.74, 6) is -1.77. The number of hydrogen-bond donors (Lipinski definition) is 2. The van der Waals surface area contributed by atoms with Gasteiger partial charge in [0, 0.05) is 24.4 Å². The standard InChI is InChI=1S/C22H20ClFN4O5/c23-16-10-14(4-7-17(16)24)26-22-28-27-20(33-22)18(29)9-12-1-8-19(25-11-12)32-15-5-2-13(3-6-15)21(30)31/h1,4,7-8,10-11,13,15H,2-3,5-6,9H2,(H,26,28)(H,30,31). The van der Waals surface area contributed by atoms with E-state index in [1.807, 2.05) is 0 Å². The molecule has 2 aromatic heterocycles. The van der Waals surface area contributed by atoms with E-state index in [0.29, 0.717) is 42.8 Å². The fraction of sp³-hybridized carbons (Fsp3) is 0.318. The number of hydrogen-bond acceptors (Lipinski definition) is 8. The van der Waals surface area contributed by atoms with Crippen molar-refractivity contribution in [3.63, 3.8) is 0 Å². The Kier molecular flexibility index (Phi) is 6.83. The van der Waals surface area contributed by atoms with Crippen LogP contribution in [-0.2, 0) is 11.2 Å². The monoisotopic (exact) mass is 474 g/mol. The van der Waals surface area contributed by atoms with Gasteiger partial charge in [-0.3, -0.25) is 9.59 Å². The predicted octanol–water partition coefficient (Wildman–Crippen LogP) is 4.45. The largest absolute Gasteiger partial charge is 0.481 e. The van der Waals surface area contributed by atoms with Crippen LogP contribution in [0.5, 0.6) is 5.88 Å². The zero-order valence-electron chi connectivity index (χ0n) is 17.3. The maximum absolute atomic E-state index is 13.2. The van der Waals surface area contributed by atoms with Crippen LogP contribution >= 0.6 is 11.6 Å². The Hall–Kier alpha value is -3.53. The molecule has 9 nitrogen and oxygen atoms in total. The molecule has 0 bridgehead atoms. The number of carboxylic acids is 1. The molecule has 11 heteroatoms. The van der Waals surface area contributed by atoms with Crippen molar-refractivity contribution in [1.82, 2.24) is 15.2 Å². The highest BCUT2D eigenvalue weighted by Crippen LogP contribution is 2.27. The van der Waals surface area contributed by atoms with Gasteiger partial charge in [-0.25, -0.2) is 9.37 Å². The molecule has 2 N–H and O–H groups in total. The Balaban J connectivity index is 1.30. The molecule has 1 aliphatic carbocycles. The molecule has 0 atom stereocenters. The molecule has 0 unspecified atom stereocenters. The van der Waals surface area contributed by atoms with E-state index in [9.17, 15) is 14.0 Å². The molecule has 172 valence electrons. The lowest BCUT2D eigenvalue weighted by atomic mass is 9.87. The summed E-state index contributed by atoms with van der Waals surface area (Å²) in [6.45, 7) is 0. The van der Waals surface area contributed by atoms with Crippen molar-refractivity contribution in [2.24, 2.45) is 5.92 Å². The summed E-state index contributed by atoms with van der Waals surface area (Å²) in [5.41, 5.74) is 1.07. The lowest BCUT2D eigenvalue weighted by molar-refractivity contribution is -0.143. The normalized spacial score (nSPS) is 18.0. The van der Waals surface area contributed by atoms with Crippen LogP contribution in [0.1, 0.15) is 41.9 Å². The number of pyridine rings is 1. The van der Waals surface area contributed by atoms with Gasteiger partial charge in [0.15, 0.2) is 0 Å². The van der Waals surface area contributed by atoms with E-state index < -0.39 is 17.6 Å². The van der Waals surface area contributed by atoms with Gasteiger partial charge >= 0.3 is 12.0 Å². The molecule has 1 saturated carbocycles. The fourth-order valence-corrected chi connectivity index (χ4v) is 3.71. The van der Waals surface area contributed by atoms with Crippen molar-refractivity contribution < 1.29 is 28.2 Å². The molecule has 0 spiro atoms. The molecule has 4 rings (SSSR count). The molecule has 33 heavy (non-hydrogen) atoms. The van der Waals surface area contributed by atoms with Gasteiger partial charge in [0.25, 0.3) is 5.89 Å². The van der Waals surface area contributed by atoms with Crippen LogP contribution in [0.15, 0.2) is 40.9 Å². The SMILES string of the molecule is O=C(Cc1ccc(OC2CCC(C(=O)O)CC2)nc1)c1nnc(Nc2ccc(F)c(Cl)c2)o1. The molecule has 0 radical (unpaired) electrons. The van der Waals surface area contributed by atoms with E-state index in [2.05, 4.69) is 20.5 Å². The van der Waals surface area contributed by atoms with Crippen LogP contribution in [0.3, 0.4) is 0 Å². The highest BCUT2D eigenvalue weighted by atomic mass is 35.5. The summed E-state index contributed by atoms with van der Waals surface area (Å²) in [6.07, 6.45) is 3.96. The van der Waals surface area contributed by atoms with Crippen molar-refractivity contribution in [2.45, 2.75) is 38.2 Å². The maximum atomic E-state index is 13.2. The van der Waals surface area contributed by atoms with Crippen LogP contribution in [0.4, 0.5) is 16.1 Å². The summed E-state index contributed by atoms with van der Waals surface area (Å²) in [7, 11) is 0. The van der Waals surface area contributed by atoms with Crippen molar-refractivity contribution >= 4 is 35.1 Å². The Morgan fingerprint density at radius 3 is 2.64 bits per heavy atom. The van der Waals surface area contributed by atoms with E-state index in [0.717, 1.165) is 0 Å². The molecule has 2 heterocycles. The number of rotatable bonds is 8. The summed E-state index contributed by atoms with van der Waals surface area (Å²) >= 11 is 5.74. The van der Waals surface area contributed by atoms with Gasteiger partial charge < -0.3 is 19.6 Å². The minimum absolute atomic E-state index is 0.00100. The third-order valence-corrected chi connectivity index (χ3v) is 5.60. The Bertz CT molecular complexity index is 1150. The van der Waals surface area contributed by atoms with Crippen molar-refractivity contribution in [3.05, 3.63) is 58.8 Å². The first-order chi connectivity index (χ1) is 15.9. The summed E-state index contributed by atoms with van der Waals surface area (Å²) < 4.78 is 24.4. The number of aromatic nitrogens is 3. The second-order valence-electron chi connectivity index (χ2n) is 7.70. The fourth-order valence-electron chi connectivity index (χ4n) is 3.53. The number of ether oxygens (including phenoxy) is 1. The number of carboxylic acid groups (broad SMARTS) is 1.